The minimum atomic E-state index is -1.34. The lowest BCUT2D eigenvalue weighted by atomic mass is 10.0. The Morgan fingerprint density at radius 1 is 0.244 bits per heavy atom. The molecule has 41 heavy (non-hydrogen) atoms. The number of halogens is 2. The van der Waals surface area contributed by atoms with Gasteiger partial charge in [-0.05, 0) is 19.0 Å². The molecule has 0 aliphatic rings. The molecule has 0 bridgehead atoms. The van der Waals surface area contributed by atoms with Gasteiger partial charge in [-0.1, -0.05) is 218 Å². The van der Waals surface area contributed by atoms with Crippen molar-refractivity contribution in [1.82, 2.24) is 0 Å². The minimum Gasteiger partial charge on any atom is -0.330 e. The second kappa shape index (κ2) is 38.8. The predicted molar refractivity (Wildman–Crippen MR) is 194 cm³/mol. The summed E-state index contributed by atoms with van der Waals surface area (Å²) in [5.41, 5.74) is 5.55. The van der Waals surface area contributed by atoms with E-state index in [1.54, 1.807) is 0 Å². The number of hydrogen-bond acceptors (Lipinski definition) is 1. The molecule has 0 saturated heterocycles. The molecule has 0 unspecified atom stereocenters. The van der Waals surface area contributed by atoms with Crippen LogP contribution in [0.25, 0.3) is 0 Å². The van der Waals surface area contributed by atoms with E-state index in [4.69, 9.17) is 27.9 Å². The number of rotatable bonds is 37. The molecule has 0 aromatic rings. The topological polar surface area (TPSA) is 26.0 Å². The molecule has 0 aliphatic carbocycles. The van der Waals surface area contributed by atoms with Gasteiger partial charge in [-0.25, -0.2) is 0 Å². The highest BCUT2D eigenvalue weighted by molar-refractivity contribution is 7.33. The fraction of sp³-hybridized carbons (Fsp3) is 1.00. The van der Waals surface area contributed by atoms with Crippen molar-refractivity contribution in [3.05, 3.63) is 0 Å². The van der Waals surface area contributed by atoms with Crippen LogP contribution in [-0.4, -0.2) is 14.0 Å². The van der Waals surface area contributed by atoms with Crippen molar-refractivity contribution in [2.45, 2.75) is 231 Å². The smallest absolute Gasteiger partial charge is 0.237 e. The molecular formula is C37H77Cl2NSi. The molecule has 0 radical (unpaired) electrons. The standard InChI is InChI=1S/C37H77Cl2NSi/c38-41(39)37-35-33-31-29-27-25-23-21-19-17-15-13-11-9-7-5-3-1-2-4-6-8-10-12-14-16-18-20-22-24-26-28-30-32-34-36-40/h41H,1-37,40H2. The maximum Gasteiger partial charge on any atom is 0.237 e. The van der Waals surface area contributed by atoms with Crippen molar-refractivity contribution >= 4 is 29.6 Å². The van der Waals surface area contributed by atoms with E-state index in [0.717, 1.165) is 12.6 Å². The maximum atomic E-state index is 5.91. The first kappa shape index (κ1) is 41.8. The first-order valence-electron chi connectivity index (χ1n) is 19.3. The molecule has 2 N–H and O–H groups in total. The molecule has 0 aromatic heterocycles. The van der Waals surface area contributed by atoms with E-state index in [9.17, 15) is 0 Å². The van der Waals surface area contributed by atoms with Crippen LogP contribution in [0.5, 0.6) is 0 Å². The molecule has 1 nitrogen and oxygen atoms in total. The maximum absolute atomic E-state index is 5.91. The van der Waals surface area contributed by atoms with Crippen LogP contribution in [0.1, 0.15) is 225 Å². The zero-order valence-corrected chi connectivity index (χ0v) is 30.7. The van der Waals surface area contributed by atoms with Gasteiger partial charge in [0.25, 0.3) is 0 Å². The third-order valence-electron chi connectivity index (χ3n) is 9.13. The highest BCUT2D eigenvalue weighted by Crippen LogP contribution is 2.17. The Morgan fingerprint density at radius 2 is 0.390 bits per heavy atom. The van der Waals surface area contributed by atoms with Crippen LogP contribution in [0.15, 0.2) is 0 Å². The van der Waals surface area contributed by atoms with Crippen LogP contribution < -0.4 is 5.73 Å². The molecule has 4 heteroatoms. The van der Waals surface area contributed by atoms with Crippen LogP contribution in [0.2, 0.25) is 6.04 Å². The number of hydrogen-bond donors (Lipinski definition) is 1. The monoisotopic (exact) mass is 634 g/mol. The Bertz CT molecular complexity index is 449. The Kier molecular flexibility index (Phi) is 39.5. The molecule has 0 atom stereocenters. The minimum absolute atomic E-state index is 0.872. The molecular weight excluding hydrogens is 557 g/mol. The van der Waals surface area contributed by atoms with E-state index >= 15 is 0 Å². The van der Waals surface area contributed by atoms with Crippen LogP contribution in [-0.2, 0) is 0 Å². The molecule has 0 saturated carbocycles. The van der Waals surface area contributed by atoms with E-state index in [2.05, 4.69) is 0 Å². The fourth-order valence-electron chi connectivity index (χ4n) is 6.28. The van der Waals surface area contributed by atoms with Crippen molar-refractivity contribution in [1.29, 1.82) is 0 Å². The van der Waals surface area contributed by atoms with Gasteiger partial charge in [-0.15, -0.1) is 0 Å². The van der Waals surface area contributed by atoms with Gasteiger partial charge < -0.3 is 5.73 Å². The second-order valence-corrected chi connectivity index (χ2v) is 18.5. The van der Waals surface area contributed by atoms with Crippen LogP contribution in [0, 0.1) is 0 Å². The quantitative estimate of drug-likeness (QED) is 0.0411. The summed E-state index contributed by atoms with van der Waals surface area (Å²) in [4.78, 5) is 0. The van der Waals surface area contributed by atoms with Gasteiger partial charge in [0.2, 0.25) is 7.42 Å². The van der Waals surface area contributed by atoms with Gasteiger partial charge >= 0.3 is 0 Å². The highest BCUT2D eigenvalue weighted by Gasteiger charge is 2.01. The number of unbranched alkanes of at least 4 members (excludes halogenated alkanes) is 34. The molecule has 0 aliphatic heterocycles. The Labute approximate surface area is 271 Å². The normalized spacial score (nSPS) is 11.7. The zero-order chi connectivity index (χ0) is 29.7. The Morgan fingerprint density at radius 3 is 0.537 bits per heavy atom. The molecule has 248 valence electrons. The summed E-state index contributed by atoms with van der Waals surface area (Å²) in [6, 6.07) is 1.10. The Balaban J connectivity index is 3.03. The summed E-state index contributed by atoms with van der Waals surface area (Å²) >= 11 is 11.8. The van der Waals surface area contributed by atoms with E-state index in [0.29, 0.717) is 0 Å². The summed E-state index contributed by atoms with van der Waals surface area (Å²) in [7, 11) is -1.34. The van der Waals surface area contributed by atoms with Crippen molar-refractivity contribution in [2.75, 3.05) is 6.54 Å². The molecule has 0 fully saturated rings. The summed E-state index contributed by atoms with van der Waals surface area (Å²) < 4.78 is 0. The van der Waals surface area contributed by atoms with Gasteiger partial charge in [-0.2, -0.15) is 22.2 Å². The van der Waals surface area contributed by atoms with E-state index in [1.165, 1.54) is 225 Å². The third kappa shape index (κ3) is 40.8. The molecule has 0 spiro atoms. The van der Waals surface area contributed by atoms with Gasteiger partial charge in [0.1, 0.15) is 0 Å². The molecule has 0 amide bonds. The summed E-state index contributed by atoms with van der Waals surface area (Å²) in [5, 5.41) is 0. The van der Waals surface area contributed by atoms with Gasteiger partial charge in [-0.3, -0.25) is 0 Å². The van der Waals surface area contributed by atoms with E-state index < -0.39 is 7.42 Å². The average molecular weight is 635 g/mol. The zero-order valence-electron chi connectivity index (χ0n) is 28.1. The predicted octanol–water partition coefficient (Wildman–Crippen LogP) is 14.3. The third-order valence-corrected chi connectivity index (χ3v) is 11.3. The van der Waals surface area contributed by atoms with Crippen LogP contribution >= 0.6 is 22.2 Å². The highest BCUT2D eigenvalue weighted by atomic mass is 35.7. The van der Waals surface area contributed by atoms with Crippen molar-refractivity contribution < 1.29 is 0 Å². The number of nitrogens with two attached hydrogens (primary N) is 1. The van der Waals surface area contributed by atoms with Crippen molar-refractivity contribution in [2.24, 2.45) is 5.73 Å². The summed E-state index contributed by atoms with van der Waals surface area (Å²) in [6.07, 6.45) is 50.5. The molecule has 0 rings (SSSR count). The summed E-state index contributed by atoms with van der Waals surface area (Å²) in [6.45, 7) is 0.872. The fourth-order valence-corrected chi connectivity index (χ4v) is 7.80. The van der Waals surface area contributed by atoms with Crippen LogP contribution in [0.3, 0.4) is 0 Å². The van der Waals surface area contributed by atoms with Gasteiger partial charge in [0.15, 0.2) is 0 Å². The second-order valence-electron chi connectivity index (χ2n) is 13.3. The molecule has 0 heterocycles. The molecule has 0 aromatic carbocycles. The lowest BCUT2D eigenvalue weighted by Crippen LogP contribution is -1.97. The first-order valence-corrected chi connectivity index (χ1v) is 23.6. The van der Waals surface area contributed by atoms with Crippen molar-refractivity contribution in [3.8, 4) is 0 Å². The van der Waals surface area contributed by atoms with E-state index in [1.807, 2.05) is 0 Å². The lowest BCUT2D eigenvalue weighted by molar-refractivity contribution is 0.511. The Hall–Kier alpha value is 0.757. The SMILES string of the molecule is NCCCCCCCCCCCCCCCCCCCCCCCCCCCCCCCCCCCCC[SiH](Cl)Cl. The van der Waals surface area contributed by atoms with Crippen molar-refractivity contribution in [3.63, 3.8) is 0 Å². The van der Waals surface area contributed by atoms with Crippen LogP contribution in [0.4, 0.5) is 0 Å². The van der Waals surface area contributed by atoms with E-state index in [-0.39, 0.29) is 0 Å². The summed E-state index contributed by atoms with van der Waals surface area (Å²) in [5.74, 6) is 0. The largest absolute Gasteiger partial charge is 0.330 e. The average Bonchev–Trinajstić information content (AvgIpc) is 2.97. The van der Waals surface area contributed by atoms with Gasteiger partial charge in [0, 0.05) is 0 Å². The van der Waals surface area contributed by atoms with Gasteiger partial charge in [0.05, 0.1) is 0 Å². The lowest BCUT2D eigenvalue weighted by Gasteiger charge is -2.05. The first-order chi connectivity index (χ1) is 20.3.